The van der Waals surface area contributed by atoms with Gasteiger partial charge >= 0.3 is 0 Å². The van der Waals surface area contributed by atoms with Crippen molar-refractivity contribution in [1.29, 1.82) is 0 Å². The van der Waals surface area contributed by atoms with Crippen molar-refractivity contribution in [1.82, 2.24) is 0 Å². The molecule has 0 aliphatic heterocycles. The Morgan fingerprint density at radius 1 is 1.15 bits per heavy atom. The lowest BCUT2D eigenvalue weighted by Gasteiger charge is -2.23. The summed E-state index contributed by atoms with van der Waals surface area (Å²) < 4.78 is 5.88. The van der Waals surface area contributed by atoms with Gasteiger partial charge in [-0.05, 0) is 26.0 Å². The molecule has 1 nitrogen and oxygen atoms in total. The lowest BCUT2D eigenvalue weighted by atomic mass is 10.2. The predicted octanol–water partition coefficient (Wildman–Crippen LogP) is 2.32. The molecule has 72 valence electrons. The van der Waals surface area contributed by atoms with Crippen LogP contribution in [0.3, 0.4) is 0 Å². The monoisotopic (exact) mass is 258 g/mol. The molecule has 1 aromatic carbocycles. The molecule has 0 radical (unpaired) electrons. The summed E-state index contributed by atoms with van der Waals surface area (Å²) in [5.41, 5.74) is -0.0593. The van der Waals surface area contributed by atoms with E-state index in [1.807, 2.05) is 18.2 Å². The smallest absolute Gasteiger partial charge is 0.280 e. The fourth-order valence-electron chi connectivity index (χ4n) is 0.983. The highest BCUT2D eigenvalue weighted by atomic mass is 79.9. The first-order valence-corrected chi connectivity index (χ1v) is 8.59. The van der Waals surface area contributed by atoms with Crippen LogP contribution < -0.4 is 5.19 Å². The van der Waals surface area contributed by atoms with Gasteiger partial charge in [0.15, 0.2) is 0 Å². The van der Waals surface area contributed by atoms with E-state index in [0.717, 1.165) is 0 Å². The number of rotatable bonds is 2. The summed E-state index contributed by atoms with van der Waals surface area (Å²) in [5.74, 6) is 0. The van der Waals surface area contributed by atoms with E-state index < -0.39 is 7.66 Å². The van der Waals surface area contributed by atoms with Crippen molar-refractivity contribution in [3.63, 3.8) is 0 Å². The molecule has 1 unspecified atom stereocenters. The van der Waals surface area contributed by atoms with Crippen LogP contribution in [0.15, 0.2) is 30.3 Å². The first kappa shape index (κ1) is 11.0. The second-order valence-electron chi connectivity index (χ2n) is 3.96. The maximum Gasteiger partial charge on any atom is 0.280 e. The summed E-state index contributed by atoms with van der Waals surface area (Å²) in [7, 11) is -1.37. The number of benzene rings is 1. The van der Waals surface area contributed by atoms with Gasteiger partial charge in [-0.25, -0.2) is 0 Å². The van der Waals surface area contributed by atoms with E-state index in [0.29, 0.717) is 0 Å². The Balaban J connectivity index is 2.64. The largest absolute Gasteiger partial charge is 0.400 e. The highest BCUT2D eigenvalue weighted by Crippen LogP contribution is 2.11. The Labute approximate surface area is 89.4 Å². The second kappa shape index (κ2) is 4.40. The van der Waals surface area contributed by atoms with Gasteiger partial charge in [0.2, 0.25) is 0 Å². The van der Waals surface area contributed by atoms with E-state index >= 15 is 0 Å². The minimum atomic E-state index is -1.37. The van der Waals surface area contributed by atoms with Gasteiger partial charge < -0.3 is 4.43 Å². The molecule has 0 saturated heterocycles. The minimum Gasteiger partial charge on any atom is -0.400 e. The average molecular weight is 259 g/mol. The van der Waals surface area contributed by atoms with Gasteiger partial charge in [0.05, 0.1) is 0 Å². The van der Waals surface area contributed by atoms with Crippen LogP contribution in [-0.4, -0.2) is 13.3 Å². The van der Waals surface area contributed by atoms with Crippen molar-refractivity contribution >= 4 is 28.1 Å². The van der Waals surface area contributed by atoms with Crippen LogP contribution >= 0.6 is 15.3 Å². The molecule has 0 fully saturated rings. The molecule has 3 heteroatoms. The zero-order chi connectivity index (χ0) is 9.90. The van der Waals surface area contributed by atoms with Crippen molar-refractivity contribution in [2.24, 2.45) is 0 Å². The second-order valence-corrected chi connectivity index (χ2v) is 7.99. The zero-order valence-corrected chi connectivity index (χ0v) is 11.0. The van der Waals surface area contributed by atoms with Crippen molar-refractivity contribution in [2.45, 2.75) is 26.4 Å². The molecule has 0 bridgehead atoms. The lowest BCUT2D eigenvalue weighted by molar-refractivity contribution is 0.139. The van der Waals surface area contributed by atoms with Gasteiger partial charge in [0.25, 0.3) is 7.66 Å². The quantitative estimate of drug-likeness (QED) is 0.585. The molecule has 1 atom stereocenters. The molecule has 0 heterocycles. The molecule has 0 amide bonds. The Morgan fingerprint density at radius 3 is 2.15 bits per heavy atom. The van der Waals surface area contributed by atoms with Crippen LogP contribution in [0.2, 0.25) is 0 Å². The molecule has 0 aliphatic rings. The Kier molecular flexibility index (Phi) is 3.70. The molecule has 1 aromatic rings. The highest BCUT2D eigenvalue weighted by Gasteiger charge is 2.18. The van der Waals surface area contributed by atoms with Crippen molar-refractivity contribution in [3.05, 3.63) is 30.3 Å². The summed E-state index contributed by atoms with van der Waals surface area (Å²) in [5, 5.41) is 1.29. The topological polar surface area (TPSA) is 9.23 Å². The van der Waals surface area contributed by atoms with E-state index in [2.05, 4.69) is 48.2 Å². The highest BCUT2D eigenvalue weighted by molar-refractivity contribution is 9.24. The fourth-order valence-corrected chi connectivity index (χ4v) is 4.86. The number of hydrogen-bond donors (Lipinski definition) is 0. The van der Waals surface area contributed by atoms with Crippen LogP contribution in [0.4, 0.5) is 0 Å². The molecule has 13 heavy (non-hydrogen) atoms. The Bertz CT molecular complexity index is 255. The maximum atomic E-state index is 5.88. The summed E-state index contributed by atoms with van der Waals surface area (Å²) in [4.78, 5) is 0. The van der Waals surface area contributed by atoms with E-state index in [1.54, 1.807) is 0 Å². The lowest BCUT2D eigenvalue weighted by Crippen LogP contribution is -2.35. The molecule has 1 rings (SSSR count). The third-order valence-corrected chi connectivity index (χ3v) is 5.49. The van der Waals surface area contributed by atoms with E-state index in [1.165, 1.54) is 5.19 Å². The third-order valence-electron chi connectivity index (χ3n) is 1.52. The Hall–Kier alpha value is -0.123. The molecular formula is C10H15BrOSi. The minimum absolute atomic E-state index is 0.0593. The summed E-state index contributed by atoms with van der Waals surface area (Å²) >= 11 is 3.64. The third kappa shape index (κ3) is 4.07. The molecular weight excluding hydrogens is 244 g/mol. The summed E-state index contributed by atoms with van der Waals surface area (Å²) in [6.07, 6.45) is 0. The molecule has 0 saturated carbocycles. The van der Waals surface area contributed by atoms with Crippen molar-refractivity contribution in [2.75, 3.05) is 0 Å². The van der Waals surface area contributed by atoms with Gasteiger partial charge in [0.1, 0.15) is 0 Å². The first-order valence-electron chi connectivity index (χ1n) is 4.36. The van der Waals surface area contributed by atoms with Gasteiger partial charge in [-0.15, -0.1) is 0 Å². The van der Waals surface area contributed by atoms with Crippen LogP contribution in [-0.2, 0) is 4.43 Å². The van der Waals surface area contributed by atoms with Crippen LogP contribution in [0.25, 0.3) is 0 Å². The van der Waals surface area contributed by atoms with Gasteiger partial charge in [0, 0.05) is 5.60 Å². The van der Waals surface area contributed by atoms with Crippen molar-refractivity contribution in [3.8, 4) is 0 Å². The SMILES string of the molecule is CC(C)(C)O[SiH](Br)c1ccccc1. The number of hydrogen-bond acceptors (Lipinski definition) is 1. The number of halogens is 1. The Morgan fingerprint density at radius 2 is 1.69 bits per heavy atom. The molecule has 0 N–H and O–H groups in total. The van der Waals surface area contributed by atoms with Crippen LogP contribution in [0.5, 0.6) is 0 Å². The van der Waals surface area contributed by atoms with Crippen LogP contribution in [0.1, 0.15) is 20.8 Å². The van der Waals surface area contributed by atoms with Gasteiger partial charge in [-0.2, -0.15) is 0 Å². The normalized spacial score (nSPS) is 14.2. The average Bonchev–Trinajstić information content (AvgIpc) is 2.03. The summed E-state index contributed by atoms with van der Waals surface area (Å²) in [6.45, 7) is 6.24. The van der Waals surface area contributed by atoms with Crippen LogP contribution in [0, 0.1) is 0 Å². The molecule has 0 aliphatic carbocycles. The first-order chi connectivity index (χ1) is 5.99. The molecule has 0 aromatic heterocycles. The van der Waals surface area contributed by atoms with E-state index in [9.17, 15) is 0 Å². The standard InChI is InChI=1S/C10H15BrOSi/c1-10(2,3)12-13(11)9-7-5-4-6-8-9/h4-8,13H,1-3H3. The van der Waals surface area contributed by atoms with Crippen molar-refractivity contribution < 1.29 is 4.43 Å². The fraction of sp³-hybridized carbons (Fsp3) is 0.400. The zero-order valence-electron chi connectivity index (χ0n) is 8.25. The van der Waals surface area contributed by atoms with E-state index in [4.69, 9.17) is 4.43 Å². The van der Waals surface area contributed by atoms with E-state index in [-0.39, 0.29) is 5.60 Å². The molecule has 0 spiro atoms. The maximum absolute atomic E-state index is 5.88. The van der Waals surface area contributed by atoms with Gasteiger partial charge in [-0.1, -0.05) is 45.6 Å². The predicted molar refractivity (Wildman–Crippen MR) is 63.0 cm³/mol. The summed E-state index contributed by atoms with van der Waals surface area (Å²) in [6, 6.07) is 10.3. The van der Waals surface area contributed by atoms with Gasteiger partial charge in [-0.3, -0.25) is 0 Å².